The zero-order valence-corrected chi connectivity index (χ0v) is 6.35. The Morgan fingerprint density at radius 1 is 1.56 bits per heavy atom. The summed E-state index contributed by atoms with van der Waals surface area (Å²) < 4.78 is 20.8. The highest BCUT2D eigenvalue weighted by molar-refractivity contribution is 7.90. The normalized spacial score (nSPS) is 12.4. The highest BCUT2D eigenvalue weighted by atomic mass is 32.2. The summed E-state index contributed by atoms with van der Waals surface area (Å²) in [4.78, 5) is 0. The van der Waals surface area contributed by atoms with Crippen molar-refractivity contribution in [2.24, 2.45) is 0 Å². The van der Waals surface area contributed by atoms with Crippen molar-refractivity contribution in [3.63, 3.8) is 0 Å². The second-order valence-electron chi connectivity index (χ2n) is 2.01. The molecule has 5 heteroatoms. The number of hydrogen-bond donors (Lipinski definition) is 1. The molecule has 0 aromatic rings. The summed E-state index contributed by atoms with van der Waals surface area (Å²) >= 11 is 0. The second-order valence-corrected chi connectivity index (χ2v) is 4.27. The lowest BCUT2D eigenvalue weighted by Gasteiger charge is -2.04. The Labute approximate surface area is 55.0 Å². The third kappa shape index (κ3) is 7.87. The smallest absolute Gasteiger partial charge is 0.148 e. The highest BCUT2D eigenvalue weighted by Crippen LogP contribution is 1.82. The molecule has 0 radical (unpaired) electrons. The molecule has 0 amide bonds. The molecule has 56 valence electrons. The summed E-state index contributed by atoms with van der Waals surface area (Å²) in [5.41, 5.74) is 0. The van der Waals surface area contributed by atoms with E-state index in [0.717, 1.165) is 11.3 Å². The number of nitrogens with zero attached hydrogens (tertiary/aromatic N) is 1. The van der Waals surface area contributed by atoms with Crippen molar-refractivity contribution in [3.05, 3.63) is 0 Å². The second kappa shape index (κ2) is 3.14. The van der Waals surface area contributed by atoms with Crippen LogP contribution in [0.1, 0.15) is 0 Å². The molecular weight excluding hydrogens is 142 g/mol. The fraction of sp³-hybridized carbons (Fsp3) is 1.00. The Hall–Kier alpha value is -0.130. The molecule has 0 atom stereocenters. The molecule has 0 saturated carbocycles. The summed E-state index contributed by atoms with van der Waals surface area (Å²) in [5.74, 6) is 0. The Kier molecular flexibility index (Phi) is 3.10. The molecule has 1 N–H and O–H groups in total. The molecule has 0 aromatic heterocycles. The summed E-state index contributed by atoms with van der Waals surface area (Å²) in [6.45, 7) is 0.166. The molecule has 9 heavy (non-hydrogen) atoms. The van der Waals surface area contributed by atoms with Gasteiger partial charge >= 0.3 is 0 Å². The summed E-state index contributed by atoms with van der Waals surface area (Å²) in [6, 6.07) is 0. The van der Waals surface area contributed by atoms with Gasteiger partial charge in [0, 0.05) is 19.8 Å². The van der Waals surface area contributed by atoms with Crippen molar-refractivity contribution in [1.82, 2.24) is 5.06 Å². The molecular formula is C4H11NO3S. The number of sulfone groups is 1. The zero-order valence-electron chi connectivity index (χ0n) is 5.53. The zero-order chi connectivity index (χ0) is 7.49. The Bertz CT molecular complexity index is 161. The van der Waals surface area contributed by atoms with Gasteiger partial charge < -0.3 is 5.21 Å². The van der Waals surface area contributed by atoms with E-state index < -0.39 is 9.84 Å². The Morgan fingerprint density at radius 3 is 2.11 bits per heavy atom. The average Bonchev–Trinajstić information content (AvgIpc) is 1.59. The quantitative estimate of drug-likeness (QED) is 0.547. The van der Waals surface area contributed by atoms with E-state index in [4.69, 9.17) is 5.21 Å². The maximum Gasteiger partial charge on any atom is 0.148 e. The first-order valence-electron chi connectivity index (χ1n) is 2.49. The van der Waals surface area contributed by atoms with Crippen molar-refractivity contribution in [3.8, 4) is 0 Å². The van der Waals surface area contributed by atoms with Crippen LogP contribution in [0.15, 0.2) is 0 Å². The monoisotopic (exact) mass is 153 g/mol. The van der Waals surface area contributed by atoms with E-state index in [-0.39, 0.29) is 12.3 Å². The van der Waals surface area contributed by atoms with E-state index in [2.05, 4.69) is 0 Å². The third-order valence-corrected chi connectivity index (χ3v) is 1.71. The van der Waals surface area contributed by atoms with Gasteiger partial charge in [0.1, 0.15) is 9.84 Å². The molecule has 0 spiro atoms. The van der Waals surface area contributed by atoms with E-state index >= 15 is 0 Å². The summed E-state index contributed by atoms with van der Waals surface area (Å²) in [6.07, 6.45) is 1.14. The fourth-order valence-corrected chi connectivity index (χ4v) is 0.894. The summed E-state index contributed by atoms with van der Waals surface area (Å²) in [7, 11) is -1.51. The van der Waals surface area contributed by atoms with E-state index in [1.807, 2.05) is 0 Å². The van der Waals surface area contributed by atoms with Gasteiger partial charge in [0.15, 0.2) is 0 Å². The van der Waals surface area contributed by atoms with E-state index in [9.17, 15) is 8.42 Å². The van der Waals surface area contributed by atoms with Crippen molar-refractivity contribution in [2.45, 2.75) is 0 Å². The average molecular weight is 153 g/mol. The van der Waals surface area contributed by atoms with Crippen molar-refractivity contribution >= 4 is 9.84 Å². The van der Waals surface area contributed by atoms with Crippen LogP contribution in [0.5, 0.6) is 0 Å². The van der Waals surface area contributed by atoms with Crippen LogP contribution >= 0.6 is 0 Å². The lowest BCUT2D eigenvalue weighted by atomic mass is 10.7. The topological polar surface area (TPSA) is 57.6 Å². The van der Waals surface area contributed by atoms with Gasteiger partial charge in [0.2, 0.25) is 0 Å². The van der Waals surface area contributed by atoms with Gasteiger partial charge in [0.25, 0.3) is 0 Å². The van der Waals surface area contributed by atoms with Gasteiger partial charge in [-0.1, -0.05) is 0 Å². The predicted octanol–water partition coefficient (Wildman–Crippen LogP) is -0.648. The Morgan fingerprint density at radius 2 is 2.00 bits per heavy atom. The van der Waals surface area contributed by atoms with Crippen molar-refractivity contribution in [1.29, 1.82) is 0 Å². The van der Waals surface area contributed by atoms with Crippen molar-refractivity contribution in [2.75, 3.05) is 25.6 Å². The van der Waals surface area contributed by atoms with E-state index in [1.165, 1.54) is 7.05 Å². The molecule has 0 heterocycles. The van der Waals surface area contributed by atoms with Gasteiger partial charge in [-0.25, -0.2) is 8.42 Å². The van der Waals surface area contributed by atoms with Crippen LogP contribution in [0.4, 0.5) is 0 Å². The van der Waals surface area contributed by atoms with Crippen LogP contribution in [0, 0.1) is 0 Å². The molecule has 0 aliphatic carbocycles. The van der Waals surface area contributed by atoms with Gasteiger partial charge in [-0.2, -0.15) is 5.06 Å². The maximum atomic E-state index is 10.4. The van der Waals surface area contributed by atoms with Crippen LogP contribution in [0.25, 0.3) is 0 Å². The van der Waals surface area contributed by atoms with Crippen molar-refractivity contribution < 1.29 is 13.6 Å². The van der Waals surface area contributed by atoms with Crippen LogP contribution < -0.4 is 0 Å². The lowest BCUT2D eigenvalue weighted by Crippen LogP contribution is -2.21. The summed E-state index contributed by atoms with van der Waals surface area (Å²) in [5, 5.41) is 9.33. The number of hydroxylamine groups is 2. The first-order chi connectivity index (χ1) is 3.92. The first kappa shape index (κ1) is 8.87. The van der Waals surface area contributed by atoms with E-state index in [0.29, 0.717) is 0 Å². The molecule has 0 unspecified atom stereocenters. The molecule has 0 aliphatic rings. The van der Waals surface area contributed by atoms with Gasteiger partial charge in [-0.05, 0) is 0 Å². The van der Waals surface area contributed by atoms with Crippen LogP contribution in [0.3, 0.4) is 0 Å². The SMILES string of the molecule is CN(O)CCS(C)(=O)=O. The standard InChI is InChI=1S/C4H11NO3S/c1-5(6)3-4-9(2,7)8/h6H,3-4H2,1-2H3. The van der Waals surface area contributed by atoms with Gasteiger partial charge in [-0.15, -0.1) is 0 Å². The van der Waals surface area contributed by atoms with Gasteiger partial charge in [0.05, 0.1) is 5.75 Å². The van der Waals surface area contributed by atoms with Gasteiger partial charge in [-0.3, -0.25) is 0 Å². The molecule has 0 aromatic carbocycles. The lowest BCUT2D eigenvalue weighted by molar-refractivity contribution is -0.0588. The molecule has 0 fully saturated rings. The van der Waals surface area contributed by atoms with Crippen LogP contribution in [-0.4, -0.2) is 44.3 Å². The largest absolute Gasteiger partial charge is 0.314 e. The highest BCUT2D eigenvalue weighted by Gasteiger charge is 2.01. The maximum absolute atomic E-state index is 10.4. The molecule has 0 saturated heterocycles. The number of hydrogen-bond acceptors (Lipinski definition) is 4. The molecule has 0 rings (SSSR count). The predicted molar refractivity (Wildman–Crippen MR) is 34.1 cm³/mol. The molecule has 0 aliphatic heterocycles. The Balaban J connectivity index is 3.53. The third-order valence-electron chi connectivity index (χ3n) is 0.786. The van der Waals surface area contributed by atoms with E-state index in [1.54, 1.807) is 0 Å². The minimum absolute atomic E-state index is 0. The van der Waals surface area contributed by atoms with Crippen LogP contribution in [-0.2, 0) is 9.84 Å². The molecule has 4 nitrogen and oxygen atoms in total. The van der Waals surface area contributed by atoms with Crippen LogP contribution in [0.2, 0.25) is 0 Å². The minimum atomic E-state index is -2.92. The fourth-order valence-electron chi connectivity index (χ4n) is 0.298. The first-order valence-corrected chi connectivity index (χ1v) is 4.55. The molecule has 0 bridgehead atoms. The minimum Gasteiger partial charge on any atom is -0.314 e. The number of rotatable bonds is 3.